The molecule has 0 saturated carbocycles. The highest BCUT2D eigenvalue weighted by molar-refractivity contribution is 4.80. The van der Waals surface area contributed by atoms with Crippen molar-refractivity contribution in [3.8, 4) is 0 Å². The lowest BCUT2D eigenvalue weighted by Gasteiger charge is -1.84. The Kier molecular flexibility index (Phi) is 2.10. The second-order valence-electron chi connectivity index (χ2n) is 2.10. The second kappa shape index (κ2) is 2.88. The average molecular weight is 112 g/mol. The van der Waals surface area contributed by atoms with Gasteiger partial charge >= 0.3 is 0 Å². The molecular formula is C7H12O. The van der Waals surface area contributed by atoms with Crippen LogP contribution >= 0.6 is 0 Å². The fraction of sp³-hybridized carbons (Fsp3) is 0.714. The van der Waals surface area contributed by atoms with Crippen molar-refractivity contribution < 1.29 is 4.74 Å². The predicted octanol–water partition coefficient (Wildman–Crippen LogP) is 1.74. The summed E-state index contributed by atoms with van der Waals surface area (Å²) in [6.07, 6.45) is 7.27. The van der Waals surface area contributed by atoms with Gasteiger partial charge in [0.2, 0.25) is 0 Å². The molecule has 0 aromatic heterocycles. The minimum Gasteiger partial charge on any atom is -0.373 e. The zero-order chi connectivity index (χ0) is 5.82. The Balaban J connectivity index is 1.88. The molecule has 1 rings (SSSR count). The van der Waals surface area contributed by atoms with E-state index in [9.17, 15) is 0 Å². The summed E-state index contributed by atoms with van der Waals surface area (Å²) in [4.78, 5) is 0. The lowest BCUT2D eigenvalue weighted by Crippen LogP contribution is -1.80. The maximum absolute atomic E-state index is 5.02. The molecule has 1 heterocycles. The first-order chi connectivity index (χ1) is 3.93. The van der Waals surface area contributed by atoms with E-state index in [0.717, 1.165) is 6.61 Å². The second-order valence-corrected chi connectivity index (χ2v) is 2.10. The maximum Gasteiger partial charge on any atom is 0.0812 e. The molecule has 0 aromatic carbocycles. The van der Waals surface area contributed by atoms with E-state index in [1.54, 1.807) is 0 Å². The summed E-state index contributed by atoms with van der Waals surface area (Å²) >= 11 is 0. The van der Waals surface area contributed by atoms with Crippen LogP contribution in [0.5, 0.6) is 0 Å². The van der Waals surface area contributed by atoms with E-state index in [-0.39, 0.29) is 0 Å². The number of rotatable bonds is 3. The molecule has 1 aliphatic heterocycles. The van der Waals surface area contributed by atoms with Crippen molar-refractivity contribution in [1.82, 2.24) is 0 Å². The van der Waals surface area contributed by atoms with Crippen LogP contribution in [0.15, 0.2) is 12.2 Å². The summed E-state index contributed by atoms with van der Waals surface area (Å²) in [6.45, 7) is 3.05. The van der Waals surface area contributed by atoms with Crippen molar-refractivity contribution in [2.24, 2.45) is 0 Å². The van der Waals surface area contributed by atoms with Crippen LogP contribution in [0.3, 0.4) is 0 Å². The first kappa shape index (κ1) is 5.83. The Hall–Kier alpha value is -0.300. The van der Waals surface area contributed by atoms with E-state index in [1.807, 2.05) is 6.92 Å². The van der Waals surface area contributed by atoms with Gasteiger partial charge in [-0.1, -0.05) is 12.2 Å². The highest BCUT2D eigenvalue weighted by Crippen LogP contribution is 2.15. The van der Waals surface area contributed by atoms with Gasteiger partial charge in [-0.3, -0.25) is 0 Å². The van der Waals surface area contributed by atoms with Crippen LogP contribution in [-0.2, 0) is 4.74 Å². The molecule has 0 amide bonds. The van der Waals surface area contributed by atoms with Crippen molar-refractivity contribution in [2.75, 3.05) is 6.61 Å². The van der Waals surface area contributed by atoms with Crippen molar-refractivity contribution in [3.05, 3.63) is 12.2 Å². The Bertz CT molecular complexity index is 82.4. The Morgan fingerprint density at radius 2 is 2.50 bits per heavy atom. The molecule has 1 saturated heterocycles. The molecule has 0 bridgehead atoms. The molecule has 1 nitrogen and oxygen atoms in total. The van der Waals surface area contributed by atoms with E-state index >= 15 is 0 Å². The Morgan fingerprint density at radius 1 is 1.75 bits per heavy atom. The van der Waals surface area contributed by atoms with Crippen LogP contribution in [0.1, 0.15) is 19.8 Å². The van der Waals surface area contributed by atoms with E-state index < -0.39 is 0 Å². The van der Waals surface area contributed by atoms with Gasteiger partial charge in [0.1, 0.15) is 0 Å². The highest BCUT2D eigenvalue weighted by Gasteiger charge is 2.20. The first-order valence-electron chi connectivity index (χ1n) is 3.16. The van der Waals surface area contributed by atoms with Gasteiger partial charge in [-0.05, 0) is 19.8 Å². The van der Waals surface area contributed by atoms with Crippen LogP contribution in [0.4, 0.5) is 0 Å². The molecule has 0 spiro atoms. The molecule has 0 radical (unpaired) electrons. The van der Waals surface area contributed by atoms with Crippen LogP contribution in [0.25, 0.3) is 0 Å². The minimum atomic E-state index is 0.603. The van der Waals surface area contributed by atoms with Crippen LogP contribution in [0.2, 0.25) is 0 Å². The van der Waals surface area contributed by atoms with Gasteiger partial charge in [0.15, 0.2) is 0 Å². The number of hydrogen-bond acceptors (Lipinski definition) is 1. The number of ether oxygens (including phenoxy) is 1. The molecule has 1 heteroatoms. The third kappa shape index (κ3) is 2.12. The Morgan fingerprint density at radius 3 is 3.00 bits per heavy atom. The monoisotopic (exact) mass is 112 g/mol. The molecule has 0 aliphatic carbocycles. The number of hydrogen-bond donors (Lipinski definition) is 0. The molecular weight excluding hydrogens is 100 g/mol. The molecule has 0 aromatic rings. The van der Waals surface area contributed by atoms with Gasteiger partial charge in [0.25, 0.3) is 0 Å². The van der Waals surface area contributed by atoms with Crippen molar-refractivity contribution >= 4 is 0 Å². The smallest absolute Gasteiger partial charge is 0.0812 e. The largest absolute Gasteiger partial charge is 0.373 e. The van der Waals surface area contributed by atoms with E-state index in [0.29, 0.717) is 6.10 Å². The van der Waals surface area contributed by atoms with E-state index in [1.165, 1.54) is 12.8 Å². The van der Waals surface area contributed by atoms with Crippen molar-refractivity contribution in [2.45, 2.75) is 25.9 Å². The summed E-state index contributed by atoms with van der Waals surface area (Å²) in [5.74, 6) is 0. The quantitative estimate of drug-likeness (QED) is 0.400. The topological polar surface area (TPSA) is 12.5 Å². The molecule has 8 heavy (non-hydrogen) atoms. The Labute approximate surface area is 50.3 Å². The third-order valence-corrected chi connectivity index (χ3v) is 1.29. The van der Waals surface area contributed by atoms with Gasteiger partial charge in [-0.2, -0.15) is 0 Å². The van der Waals surface area contributed by atoms with Gasteiger partial charge in [0, 0.05) is 0 Å². The molecule has 1 atom stereocenters. The van der Waals surface area contributed by atoms with Gasteiger partial charge in [-0.15, -0.1) is 0 Å². The number of epoxide rings is 1. The van der Waals surface area contributed by atoms with Gasteiger partial charge in [-0.25, -0.2) is 0 Å². The van der Waals surface area contributed by atoms with Crippen molar-refractivity contribution in [3.63, 3.8) is 0 Å². The van der Waals surface area contributed by atoms with Crippen LogP contribution < -0.4 is 0 Å². The summed E-state index contributed by atoms with van der Waals surface area (Å²) < 4.78 is 5.02. The molecule has 46 valence electrons. The molecule has 1 aliphatic rings. The molecule has 1 unspecified atom stereocenters. The third-order valence-electron chi connectivity index (χ3n) is 1.29. The fourth-order valence-electron chi connectivity index (χ4n) is 0.683. The summed E-state index contributed by atoms with van der Waals surface area (Å²) in [5, 5.41) is 0. The van der Waals surface area contributed by atoms with Crippen LogP contribution in [0, 0.1) is 0 Å². The predicted molar refractivity (Wildman–Crippen MR) is 33.8 cm³/mol. The minimum absolute atomic E-state index is 0.603. The summed E-state index contributed by atoms with van der Waals surface area (Å²) in [7, 11) is 0. The normalized spacial score (nSPS) is 26.9. The van der Waals surface area contributed by atoms with E-state index in [4.69, 9.17) is 4.74 Å². The average Bonchev–Trinajstić information content (AvgIpc) is 2.51. The zero-order valence-electron chi connectivity index (χ0n) is 5.26. The van der Waals surface area contributed by atoms with Gasteiger partial charge in [0.05, 0.1) is 12.7 Å². The standard InChI is InChI=1S/C7H12O/c1-2-3-4-5-7-6-8-7/h2-3,7H,4-6H2,1H3. The van der Waals surface area contributed by atoms with Gasteiger partial charge < -0.3 is 4.74 Å². The summed E-state index contributed by atoms with van der Waals surface area (Å²) in [5.41, 5.74) is 0. The zero-order valence-corrected chi connectivity index (χ0v) is 5.26. The SMILES string of the molecule is CC=CCCC1CO1. The molecule has 0 N–H and O–H groups in total. The highest BCUT2D eigenvalue weighted by atomic mass is 16.6. The lowest BCUT2D eigenvalue weighted by molar-refractivity contribution is 0.398. The van der Waals surface area contributed by atoms with Crippen LogP contribution in [-0.4, -0.2) is 12.7 Å². The number of allylic oxidation sites excluding steroid dienone is 2. The fourth-order valence-corrected chi connectivity index (χ4v) is 0.683. The van der Waals surface area contributed by atoms with E-state index in [2.05, 4.69) is 12.2 Å². The maximum atomic E-state index is 5.02. The lowest BCUT2D eigenvalue weighted by atomic mass is 10.2. The molecule has 1 fully saturated rings. The first-order valence-corrected chi connectivity index (χ1v) is 3.16. The van der Waals surface area contributed by atoms with Crippen molar-refractivity contribution in [1.29, 1.82) is 0 Å². The summed E-state index contributed by atoms with van der Waals surface area (Å²) in [6, 6.07) is 0.